The molecule has 0 amide bonds. The molecule has 1 aliphatic rings. The smallest absolute Gasteiger partial charge is 0.325 e. The first-order chi connectivity index (χ1) is 9.63. The van der Waals surface area contributed by atoms with Gasteiger partial charge in [-0.05, 0) is 18.9 Å². The second-order valence-corrected chi connectivity index (χ2v) is 4.65. The Bertz CT molecular complexity index is 471. The third-order valence-electron chi connectivity index (χ3n) is 3.23. The largest absolute Gasteiger partial charge is 0.492 e. The summed E-state index contributed by atoms with van der Waals surface area (Å²) in [7, 11) is 1.47. The Kier molecular flexibility index (Phi) is 4.81. The molecule has 6 nitrogen and oxygen atoms in total. The average Bonchev–Trinajstić information content (AvgIpc) is 2.47. The van der Waals surface area contributed by atoms with E-state index < -0.39 is 12.0 Å². The SMILES string of the molecule is COc1c(OC2CCCOC2)cccc1C(N)C(=O)O. The molecule has 20 heavy (non-hydrogen) atoms. The summed E-state index contributed by atoms with van der Waals surface area (Å²) >= 11 is 0. The lowest BCUT2D eigenvalue weighted by molar-refractivity contribution is -0.138. The number of carbonyl (C=O) groups is 1. The van der Waals surface area contributed by atoms with Crippen LogP contribution in [0.4, 0.5) is 0 Å². The number of para-hydroxylation sites is 1. The third-order valence-corrected chi connectivity index (χ3v) is 3.23. The maximum absolute atomic E-state index is 11.0. The second kappa shape index (κ2) is 6.58. The van der Waals surface area contributed by atoms with E-state index in [0.29, 0.717) is 23.7 Å². The van der Waals surface area contributed by atoms with Crippen molar-refractivity contribution in [1.82, 2.24) is 0 Å². The molecule has 0 bridgehead atoms. The number of aliphatic carboxylic acids is 1. The topological polar surface area (TPSA) is 91.0 Å². The first-order valence-electron chi connectivity index (χ1n) is 6.53. The van der Waals surface area contributed by atoms with Crippen molar-refractivity contribution in [3.63, 3.8) is 0 Å². The summed E-state index contributed by atoms with van der Waals surface area (Å²) in [6, 6.07) is 3.93. The number of carboxylic acids is 1. The molecular weight excluding hydrogens is 262 g/mol. The van der Waals surface area contributed by atoms with E-state index in [9.17, 15) is 4.79 Å². The van der Waals surface area contributed by atoms with Gasteiger partial charge in [0.15, 0.2) is 11.5 Å². The van der Waals surface area contributed by atoms with Gasteiger partial charge in [-0.25, -0.2) is 0 Å². The fourth-order valence-corrected chi connectivity index (χ4v) is 2.21. The van der Waals surface area contributed by atoms with E-state index in [1.165, 1.54) is 7.11 Å². The van der Waals surface area contributed by atoms with Crippen LogP contribution in [0.3, 0.4) is 0 Å². The summed E-state index contributed by atoms with van der Waals surface area (Å²) in [5, 5.41) is 9.03. The number of carboxylic acid groups (broad SMARTS) is 1. The molecule has 0 aromatic heterocycles. The van der Waals surface area contributed by atoms with E-state index in [4.69, 9.17) is 25.1 Å². The summed E-state index contributed by atoms with van der Waals surface area (Å²) in [6.45, 7) is 1.28. The van der Waals surface area contributed by atoms with Gasteiger partial charge in [-0.15, -0.1) is 0 Å². The van der Waals surface area contributed by atoms with Gasteiger partial charge < -0.3 is 25.1 Å². The molecule has 1 aromatic rings. The number of nitrogens with two attached hydrogens (primary N) is 1. The summed E-state index contributed by atoms with van der Waals surface area (Å²) in [5.41, 5.74) is 6.05. The number of hydrogen-bond donors (Lipinski definition) is 2. The first kappa shape index (κ1) is 14.6. The van der Waals surface area contributed by atoms with Crippen LogP contribution in [0.1, 0.15) is 24.4 Å². The minimum absolute atomic E-state index is 0.0473. The molecule has 1 fully saturated rings. The highest BCUT2D eigenvalue weighted by atomic mass is 16.5. The van der Waals surface area contributed by atoms with Crippen LogP contribution in [-0.4, -0.2) is 37.5 Å². The van der Waals surface area contributed by atoms with E-state index in [0.717, 1.165) is 19.4 Å². The fourth-order valence-electron chi connectivity index (χ4n) is 2.21. The van der Waals surface area contributed by atoms with Crippen molar-refractivity contribution in [2.75, 3.05) is 20.3 Å². The standard InChI is InChI=1S/C14H19NO5/c1-18-13-10(12(15)14(16)17)5-2-6-11(13)20-9-4-3-7-19-8-9/h2,5-6,9,12H,3-4,7-8,15H2,1H3,(H,16,17). The number of benzene rings is 1. The molecule has 0 radical (unpaired) electrons. The van der Waals surface area contributed by atoms with Gasteiger partial charge in [0, 0.05) is 12.2 Å². The number of rotatable bonds is 5. The monoisotopic (exact) mass is 281 g/mol. The highest BCUT2D eigenvalue weighted by Crippen LogP contribution is 2.35. The lowest BCUT2D eigenvalue weighted by Crippen LogP contribution is -2.28. The molecular formula is C14H19NO5. The van der Waals surface area contributed by atoms with Crippen LogP contribution in [0.25, 0.3) is 0 Å². The first-order valence-corrected chi connectivity index (χ1v) is 6.53. The Balaban J connectivity index is 2.23. The Morgan fingerprint density at radius 2 is 2.35 bits per heavy atom. The summed E-state index contributed by atoms with van der Waals surface area (Å²) in [6.07, 6.45) is 1.80. The van der Waals surface area contributed by atoms with Gasteiger partial charge in [0.05, 0.1) is 13.7 Å². The average molecular weight is 281 g/mol. The van der Waals surface area contributed by atoms with Crippen LogP contribution < -0.4 is 15.2 Å². The van der Waals surface area contributed by atoms with Gasteiger partial charge in [0.2, 0.25) is 0 Å². The predicted octanol–water partition coefficient (Wildman–Crippen LogP) is 1.34. The molecule has 1 saturated heterocycles. The van der Waals surface area contributed by atoms with Gasteiger partial charge >= 0.3 is 5.97 Å². The molecule has 1 aliphatic heterocycles. The van der Waals surface area contributed by atoms with Crippen molar-refractivity contribution < 1.29 is 24.1 Å². The van der Waals surface area contributed by atoms with Gasteiger partial charge in [0.1, 0.15) is 12.1 Å². The van der Waals surface area contributed by atoms with Crippen LogP contribution in [0.2, 0.25) is 0 Å². The Labute approximate surface area is 117 Å². The van der Waals surface area contributed by atoms with E-state index in [-0.39, 0.29) is 6.10 Å². The highest BCUT2D eigenvalue weighted by Gasteiger charge is 2.23. The molecule has 0 saturated carbocycles. The number of hydrogen-bond acceptors (Lipinski definition) is 5. The third kappa shape index (κ3) is 3.20. The van der Waals surface area contributed by atoms with Gasteiger partial charge in [-0.1, -0.05) is 12.1 Å². The fraction of sp³-hybridized carbons (Fsp3) is 0.500. The lowest BCUT2D eigenvalue weighted by atomic mass is 10.1. The molecule has 6 heteroatoms. The van der Waals surface area contributed by atoms with Crippen LogP contribution >= 0.6 is 0 Å². The Hall–Kier alpha value is -1.79. The minimum Gasteiger partial charge on any atom is -0.492 e. The molecule has 1 heterocycles. The quantitative estimate of drug-likeness (QED) is 0.846. The predicted molar refractivity (Wildman–Crippen MR) is 72.0 cm³/mol. The second-order valence-electron chi connectivity index (χ2n) is 4.65. The molecule has 110 valence electrons. The number of methoxy groups -OCH3 is 1. The van der Waals surface area contributed by atoms with Gasteiger partial charge in [0.25, 0.3) is 0 Å². The van der Waals surface area contributed by atoms with Crippen LogP contribution in [0, 0.1) is 0 Å². The summed E-state index contributed by atoms with van der Waals surface area (Å²) < 4.78 is 16.5. The maximum atomic E-state index is 11.0. The molecule has 2 rings (SSSR count). The highest BCUT2D eigenvalue weighted by molar-refractivity contribution is 5.77. The molecule has 0 aliphatic carbocycles. The van der Waals surface area contributed by atoms with Crippen molar-refractivity contribution in [1.29, 1.82) is 0 Å². The molecule has 3 N–H and O–H groups in total. The number of ether oxygens (including phenoxy) is 3. The van der Waals surface area contributed by atoms with Crippen molar-refractivity contribution in [3.8, 4) is 11.5 Å². The Morgan fingerprint density at radius 1 is 1.55 bits per heavy atom. The van der Waals surface area contributed by atoms with Gasteiger partial charge in [-0.2, -0.15) is 0 Å². The van der Waals surface area contributed by atoms with Crippen molar-refractivity contribution in [2.45, 2.75) is 25.0 Å². The zero-order valence-electron chi connectivity index (χ0n) is 11.4. The van der Waals surface area contributed by atoms with E-state index >= 15 is 0 Å². The van der Waals surface area contributed by atoms with Crippen LogP contribution in [0.5, 0.6) is 11.5 Å². The van der Waals surface area contributed by atoms with E-state index in [1.807, 2.05) is 0 Å². The van der Waals surface area contributed by atoms with Crippen molar-refractivity contribution in [3.05, 3.63) is 23.8 Å². The van der Waals surface area contributed by atoms with E-state index in [1.54, 1.807) is 18.2 Å². The normalized spacial score (nSPS) is 20.2. The van der Waals surface area contributed by atoms with Crippen LogP contribution in [0.15, 0.2) is 18.2 Å². The van der Waals surface area contributed by atoms with Crippen LogP contribution in [-0.2, 0) is 9.53 Å². The molecule has 1 aromatic carbocycles. The minimum atomic E-state index is -1.14. The van der Waals surface area contributed by atoms with E-state index in [2.05, 4.69) is 0 Å². The molecule has 2 atom stereocenters. The van der Waals surface area contributed by atoms with Gasteiger partial charge in [-0.3, -0.25) is 4.79 Å². The summed E-state index contributed by atoms with van der Waals surface area (Å²) in [5.74, 6) is -0.244. The maximum Gasteiger partial charge on any atom is 0.325 e. The van der Waals surface area contributed by atoms with Crippen molar-refractivity contribution in [2.24, 2.45) is 5.73 Å². The zero-order chi connectivity index (χ0) is 14.5. The molecule has 2 unspecified atom stereocenters. The van der Waals surface area contributed by atoms with Crippen molar-refractivity contribution >= 4 is 5.97 Å². The summed E-state index contributed by atoms with van der Waals surface area (Å²) in [4.78, 5) is 11.0. The molecule has 0 spiro atoms. The Morgan fingerprint density at radius 3 is 2.95 bits per heavy atom. The zero-order valence-corrected chi connectivity index (χ0v) is 11.4. The lowest BCUT2D eigenvalue weighted by Gasteiger charge is -2.25.